The van der Waals surface area contributed by atoms with Crippen LogP contribution in [0.1, 0.15) is 36.8 Å². The Labute approximate surface area is 107 Å². The highest BCUT2D eigenvalue weighted by atomic mass is 16.4. The van der Waals surface area contributed by atoms with E-state index in [0.29, 0.717) is 0 Å². The van der Waals surface area contributed by atoms with Crippen molar-refractivity contribution in [3.8, 4) is 0 Å². The Morgan fingerprint density at radius 2 is 2.11 bits per heavy atom. The van der Waals surface area contributed by atoms with E-state index in [-0.39, 0.29) is 0 Å². The van der Waals surface area contributed by atoms with Crippen LogP contribution in [-0.4, -0.2) is 24.7 Å². The predicted molar refractivity (Wildman–Crippen MR) is 71.2 cm³/mol. The third-order valence-corrected chi connectivity index (χ3v) is 4.60. The normalized spacial score (nSPS) is 21.1. The van der Waals surface area contributed by atoms with Crippen LogP contribution in [-0.2, 0) is 16.6 Å². The zero-order chi connectivity index (χ0) is 12.8. The van der Waals surface area contributed by atoms with Gasteiger partial charge in [-0.25, -0.2) is 0 Å². The maximum absolute atomic E-state index is 11.5. The van der Waals surface area contributed by atoms with Crippen molar-refractivity contribution in [3.05, 3.63) is 29.3 Å². The number of fused-ring (bicyclic) bond motifs is 1. The number of carbonyl (C=O) groups is 1. The zero-order valence-electron chi connectivity index (χ0n) is 10.8. The number of aliphatic carboxylic acids is 1. The zero-order valence-corrected chi connectivity index (χ0v) is 10.8. The van der Waals surface area contributed by atoms with Crippen molar-refractivity contribution in [3.63, 3.8) is 0 Å². The van der Waals surface area contributed by atoms with E-state index in [1.807, 2.05) is 6.07 Å². The monoisotopic (exact) mass is 245 g/mol. The van der Waals surface area contributed by atoms with E-state index in [9.17, 15) is 9.90 Å². The molecule has 3 nitrogen and oxygen atoms in total. The molecule has 0 amide bonds. The van der Waals surface area contributed by atoms with Crippen LogP contribution < -0.4 is 4.90 Å². The van der Waals surface area contributed by atoms with E-state index >= 15 is 0 Å². The van der Waals surface area contributed by atoms with Gasteiger partial charge in [-0.05, 0) is 42.9 Å². The Balaban J connectivity index is 2.02. The van der Waals surface area contributed by atoms with Gasteiger partial charge in [0.2, 0.25) is 0 Å². The Hall–Kier alpha value is -1.51. The topological polar surface area (TPSA) is 40.5 Å². The molecule has 3 heteroatoms. The smallest absolute Gasteiger partial charge is 0.314 e. The molecule has 18 heavy (non-hydrogen) atoms. The standard InChI is InChI=1S/C15H19NO2/c1-16-9-2-4-11-10-12(5-6-13(11)16)15(14(17)18)7-3-8-15/h5-6,10H,2-4,7-9H2,1H3,(H,17,18). The van der Waals surface area contributed by atoms with Crippen LogP contribution in [0.3, 0.4) is 0 Å². The molecule has 1 aromatic rings. The molecule has 1 aromatic carbocycles. The molecule has 0 saturated heterocycles. The first-order valence-electron chi connectivity index (χ1n) is 6.71. The minimum Gasteiger partial charge on any atom is -0.481 e. The average Bonchev–Trinajstić information content (AvgIpc) is 2.27. The van der Waals surface area contributed by atoms with Gasteiger partial charge in [0, 0.05) is 19.3 Å². The van der Waals surface area contributed by atoms with Crippen molar-refractivity contribution in [1.29, 1.82) is 0 Å². The van der Waals surface area contributed by atoms with Gasteiger partial charge < -0.3 is 10.0 Å². The first-order valence-corrected chi connectivity index (χ1v) is 6.71. The predicted octanol–water partition coefficient (Wildman–Crippen LogP) is 2.58. The summed E-state index contributed by atoms with van der Waals surface area (Å²) in [5.74, 6) is -0.655. The summed E-state index contributed by atoms with van der Waals surface area (Å²) < 4.78 is 0. The number of anilines is 1. The quantitative estimate of drug-likeness (QED) is 0.870. The van der Waals surface area contributed by atoms with Crippen molar-refractivity contribution in [1.82, 2.24) is 0 Å². The average molecular weight is 245 g/mol. The summed E-state index contributed by atoms with van der Waals surface area (Å²) in [6, 6.07) is 6.26. The molecule has 1 heterocycles. The van der Waals surface area contributed by atoms with E-state index in [4.69, 9.17) is 0 Å². The molecule has 3 rings (SSSR count). The summed E-state index contributed by atoms with van der Waals surface area (Å²) in [6.45, 7) is 1.09. The Morgan fingerprint density at radius 1 is 1.33 bits per heavy atom. The van der Waals surface area contributed by atoms with Gasteiger partial charge in [0.1, 0.15) is 0 Å². The largest absolute Gasteiger partial charge is 0.481 e. The highest BCUT2D eigenvalue weighted by Gasteiger charge is 2.46. The molecule has 0 aromatic heterocycles. The first-order chi connectivity index (χ1) is 8.63. The van der Waals surface area contributed by atoms with Gasteiger partial charge in [-0.3, -0.25) is 4.79 Å². The van der Waals surface area contributed by atoms with E-state index in [2.05, 4.69) is 24.1 Å². The molecular weight excluding hydrogens is 226 g/mol. The molecule has 2 aliphatic rings. The lowest BCUT2D eigenvalue weighted by Gasteiger charge is -2.39. The molecule has 0 unspecified atom stereocenters. The summed E-state index contributed by atoms with van der Waals surface area (Å²) in [4.78, 5) is 13.8. The van der Waals surface area contributed by atoms with Gasteiger partial charge in [0.25, 0.3) is 0 Å². The molecule has 0 spiro atoms. The number of aryl methyl sites for hydroxylation is 1. The van der Waals surface area contributed by atoms with E-state index in [1.54, 1.807) is 0 Å². The van der Waals surface area contributed by atoms with Crippen LogP contribution in [0, 0.1) is 0 Å². The van der Waals surface area contributed by atoms with Crippen molar-refractivity contribution in [2.75, 3.05) is 18.5 Å². The molecule has 0 radical (unpaired) electrons. The Bertz CT molecular complexity index is 491. The molecule has 0 bridgehead atoms. The number of hydrogen-bond acceptors (Lipinski definition) is 2. The summed E-state index contributed by atoms with van der Waals surface area (Å²) in [5, 5.41) is 9.48. The minimum absolute atomic E-state index is 0.592. The summed E-state index contributed by atoms with van der Waals surface area (Å²) in [7, 11) is 2.11. The van der Waals surface area contributed by atoms with Crippen LogP contribution in [0.25, 0.3) is 0 Å². The SMILES string of the molecule is CN1CCCc2cc(C3(C(=O)O)CCC3)ccc21. The number of carboxylic acids is 1. The molecule has 1 N–H and O–H groups in total. The number of rotatable bonds is 2. The number of carboxylic acid groups (broad SMARTS) is 1. The van der Waals surface area contributed by atoms with Gasteiger partial charge in [-0.15, -0.1) is 0 Å². The van der Waals surface area contributed by atoms with Gasteiger partial charge >= 0.3 is 5.97 Å². The van der Waals surface area contributed by atoms with Crippen LogP contribution in [0.4, 0.5) is 5.69 Å². The van der Waals surface area contributed by atoms with Crippen molar-refractivity contribution < 1.29 is 9.90 Å². The summed E-state index contributed by atoms with van der Waals surface area (Å²) in [6.07, 6.45) is 4.84. The van der Waals surface area contributed by atoms with Crippen LogP contribution in [0.15, 0.2) is 18.2 Å². The fraction of sp³-hybridized carbons (Fsp3) is 0.533. The van der Waals surface area contributed by atoms with Gasteiger partial charge in [0.05, 0.1) is 5.41 Å². The highest BCUT2D eigenvalue weighted by Crippen LogP contribution is 2.45. The van der Waals surface area contributed by atoms with Crippen molar-refractivity contribution in [2.45, 2.75) is 37.5 Å². The molecular formula is C15H19NO2. The molecule has 0 atom stereocenters. The lowest BCUT2D eigenvalue weighted by atomic mass is 9.64. The minimum atomic E-state index is -0.655. The molecule has 1 fully saturated rings. The van der Waals surface area contributed by atoms with Gasteiger partial charge in [-0.2, -0.15) is 0 Å². The van der Waals surface area contributed by atoms with Crippen LogP contribution in [0.2, 0.25) is 0 Å². The van der Waals surface area contributed by atoms with Crippen molar-refractivity contribution >= 4 is 11.7 Å². The fourth-order valence-corrected chi connectivity index (χ4v) is 3.24. The van der Waals surface area contributed by atoms with Crippen LogP contribution in [0.5, 0.6) is 0 Å². The fourth-order valence-electron chi connectivity index (χ4n) is 3.24. The summed E-state index contributed by atoms with van der Waals surface area (Å²) in [5.41, 5.74) is 3.00. The molecule has 1 aliphatic heterocycles. The molecule has 1 saturated carbocycles. The highest BCUT2D eigenvalue weighted by molar-refractivity contribution is 5.83. The maximum atomic E-state index is 11.5. The van der Waals surface area contributed by atoms with E-state index in [0.717, 1.165) is 44.2 Å². The third kappa shape index (κ3) is 1.53. The van der Waals surface area contributed by atoms with Crippen LogP contribution >= 0.6 is 0 Å². The summed E-state index contributed by atoms with van der Waals surface area (Å²) >= 11 is 0. The third-order valence-electron chi connectivity index (χ3n) is 4.60. The second-order valence-electron chi connectivity index (χ2n) is 5.61. The van der Waals surface area contributed by atoms with E-state index in [1.165, 1.54) is 11.3 Å². The molecule has 1 aliphatic carbocycles. The van der Waals surface area contributed by atoms with Gasteiger partial charge in [-0.1, -0.05) is 18.6 Å². The maximum Gasteiger partial charge on any atom is 0.314 e. The van der Waals surface area contributed by atoms with E-state index < -0.39 is 11.4 Å². The van der Waals surface area contributed by atoms with Gasteiger partial charge in [0.15, 0.2) is 0 Å². The Morgan fingerprint density at radius 3 is 2.72 bits per heavy atom. The number of benzene rings is 1. The number of hydrogen-bond donors (Lipinski definition) is 1. The van der Waals surface area contributed by atoms with Crippen molar-refractivity contribution in [2.24, 2.45) is 0 Å². The second-order valence-corrected chi connectivity index (χ2v) is 5.61. The second kappa shape index (κ2) is 4.01. The lowest BCUT2D eigenvalue weighted by Crippen LogP contribution is -2.42. The number of nitrogens with zero attached hydrogens (tertiary/aromatic N) is 1. The first kappa shape index (κ1) is 11.6. The lowest BCUT2D eigenvalue weighted by molar-refractivity contribution is -0.147. The molecule has 96 valence electrons. The Kier molecular flexibility index (Phi) is 2.58.